The van der Waals surface area contributed by atoms with E-state index in [2.05, 4.69) is 10.6 Å². The van der Waals surface area contributed by atoms with Crippen LogP contribution in [-0.4, -0.2) is 17.9 Å². The number of benzene rings is 3. The number of hydrogen-bond acceptors (Lipinski definition) is 2. The average Bonchev–Trinajstić information content (AvgIpc) is 2.74. The van der Waals surface area contributed by atoms with Crippen LogP contribution in [0.15, 0.2) is 84.9 Å². The van der Waals surface area contributed by atoms with Crippen molar-refractivity contribution in [1.82, 2.24) is 5.32 Å². The number of nitrogens with one attached hydrogen (secondary N) is 2. The zero-order valence-corrected chi connectivity index (χ0v) is 15.8. The maximum Gasteiger partial charge on any atom is 0.416 e. The number of halogens is 3. The van der Waals surface area contributed by atoms with Crippen molar-refractivity contribution in [3.63, 3.8) is 0 Å². The SMILES string of the molecule is O=C(N[C@@H](Cc1ccccc1)C(=O)Nc1ccc(C(F)(F)F)cc1)c1ccccc1. The third-order valence-corrected chi connectivity index (χ3v) is 4.42. The minimum Gasteiger partial charge on any atom is -0.340 e. The third-order valence-electron chi connectivity index (χ3n) is 4.42. The fourth-order valence-corrected chi connectivity index (χ4v) is 2.86. The largest absolute Gasteiger partial charge is 0.416 e. The summed E-state index contributed by atoms with van der Waals surface area (Å²) in [6.45, 7) is 0. The van der Waals surface area contributed by atoms with E-state index in [9.17, 15) is 22.8 Å². The number of hydrogen-bond donors (Lipinski definition) is 2. The van der Waals surface area contributed by atoms with Gasteiger partial charge in [-0.3, -0.25) is 9.59 Å². The molecule has 30 heavy (non-hydrogen) atoms. The van der Waals surface area contributed by atoms with E-state index in [0.717, 1.165) is 17.7 Å². The molecule has 3 aromatic carbocycles. The van der Waals surface area contributed by atoms with Crippen molar-refractivity contribution in [2.75, 3.05) is 5.32 Å². The van der Waals surface area contributed by atoms with Gasteiger partial charge < -0.3 is 10.6 Å². The molecule has 0 aliphatic rings. The lowest BCUT2D eigenvalue weighted by Gasteiger charge is -2.19. The Morgan fingerprint density at radius 1 is 0.800 bits per heavy atom. The van der Waals surface area contributed by atoms with Gasteiger partial charge in [0.1, 0.15) is 6.04 Å². The first kappa shape index (κ1) is 21.1. The molecule has 4 nitrogen and oxygen atoms in total. The molecule has 0 heterocycles. The second kappa shape index (κ2) is 9.26. The third kappa shape index (κ3) is 5.70. The number of anilines is 1. The van der Waals surface area contributed by atoms with Crippen molar-refractivity contribution < 1.29 is 22.8 Å². The van der Waals surface area contributed by atoms with Crippen molar-refractivity contribution in [1.29, 1.82) is 0 Å². The van der Waals surface area contributed by atoms with E-state index in [0.29, 0.717) is 5.56 Å². The highest BCUT2D eigenvalue weighted by molar-refractivity contribution is 6.01. The monoisotopic (exact) mass is 412 g/mol. The van der Waals surface area contributed by atoms with Crippen molar-refractivity contribution >= 4 is 17.5 Å². The first-order valence-corrected chi connectivity index (χ1v) is 9.21. The topological polar surface area (TPSA) is 58.2 Å². The molecular weight excluding hydrogens is 393 g/mol. The van der Waals surface area contributed by atoms with Gasteiger partial charge in [-0.25, -0.2) is 0 Å². The summed E-state index contributed by atoms with van der Waals surface area (Å²) in [5, 5.41) is 5.28. The van der Waals surface area contributed by atoms with Crippen LogP contribution < -0.4 is 10.6 Å². The van der Waals surface area contributed by atoms with E-state index >= 15 is 0 Å². The maximum atomic E-state index is 12.8. The number of carbonyl (C=O) groups is 2. The van der Waals surface area contributed by atoms with Gasteiger partial charge in [0.25, 0.3) is 5.91 Å². The Morgan fingerprint density at radius 3 is 1.93 bits per heavy atom. The molecule has 0 saturated heterocycles. The van der Waals surface area contributed by atoms with E-state index in [1.165, 1.54) is 12.1 Å². The highest BCUT2D eigenvalue weighted by Crippen LogP contribution is 2.29. The Hall–Kier alpha value is -3.61. The summed E-state index contributed by atoms with van der Waals surface area (Å²) in [6.07, 6.45) is -4.23. The zero-order chi connectivity index (χ0) is 21.6. The first-order valence-electron chi connectivity index (χ1n) is 9.21. The summed E-state index contributed by atoms with van der Waals surface area (Å²) in [5.74, 6) is -0.943. The number of rotatable bonds is 6. The van der Waals surface area contributed by atoms with Crippen LogP contribution in [0.1, 0.15) is 21.5 Å². The van der Waals surface area contributed by atoms with Gasteiger partial charge >= 0.3 is 6.18 Å². The molecule has 0 saturated carbocycles. The van der Waals surface area contributed by atoms with Gasteiger partial charge in [0.15, 0.2) is 0 Å². The minimum atomic E-state index is -4.46. The number of amides is 2. The van der Waals surface area contributed by atoms with Crippen LogP contribution in [-0.2, 0) is 17.4 Å². The quantitative estimate of drug-likeness (QED) is 0.617. The van der Waals surface area contributed by atoms with Crippen LogP contribution >= 0.6 is 0 Å². The number of alkyl halides is 3. The predicted molar refractivity (Wildman–Crippen MR) is 108 cm³/mol. The molecule has 3 aromatic rings. The van der Waals surface area contributed by atoms with Crippen molar-refractivity contribution in [3.8, 4) is 0 Å². The van der Waals surface area contributed by atoms with Crippen LogP contribution in [0.25, 0.3) is 0 Å². The summed E-state index contributed by atoms with van der Waals surface area (Å²) < 4.78 is 38.2. The molecule has 0 bridgehead atoms. The molecule has 1 atom stereocenters. The zero-order valence-electron chi connectivity index (χ0n) is 15.8. The Morgan fingerprint density at radius 2 is 1.37 bits per heavy atom. The molecular formula is C23H19F3N2O2. The molecule has 0 spiro atoms. The van der Waals surface area contributed by atoms with Crippen molar-refractivity contribution in [3.05, 3.63) is 102 Å². The molecule has 154 valence electrons. The van der Waals surface area contributed by atoms with Gasteiger partial charge in [-0.1, -0.05) is 48.5 Å². The summed E-state index contributed by atoms with van der Waals surface area (Å²) >= 11 is 0. The molecule has 0 unspecified atom stereocenters. The van der Waals surface area contributed by atoms with E-state index in [-0.39, 0.29) is 12.1 Å². The Kier molecular flexibility index (Phi) is 6.51. The normalized spacial score (nSPS) is 12.1. The molecule has 3 rings (SSSR count). The van der Waals surface area contributed by atoms with Crippen LogP contribution in [0.5, 0.6) is 0 Å². The molecule has 7 heteroatoms. The van der Waals surface area contributed by atoms with Crippen LogP contribution in [0.2, 0.25) is 0 Å². The van der Waals surface area contributed by atoms with Crippen molar-refractivity contribution in [2.45, 2.75) is 18.6 Å². The Labute approximate surface area is 171 Å². The van der Waals surface area contributed by atoms with Gasteiger partial charge in [0.2, 0.25) is 5.91 Å². The standard InChI is InChI=1S/C23H19F3N2O2/c24-23(25,26)18-11-13-19(14-12-18)27-22(30)20(15-16-7-3-1-4-8-16)28-21(29)17-9-5-2-6-10-17/h1-14,20H,15H2,(H,27,30)(H,28,29)/t20-/m0/s1. The van der Waals surface area contributed by atoms with E-state index < -0.39 is 29.6 Å². The Balaban J connectivity index is 1.76. The van der Waals surface area contributed by atoms with Gasteiger partial charge in [-0.15, -0.1) is 0 Å². The lowest BCUT2D eigenvalue weighted by Crippen LogP contribution is -2.45. The average molecular weight is 412 g/mol. The van der Waals surface area contributed by atoms with Crippen LogP contribution in [0, 0.1) is 0 Å². The second-order valence-electron chi connectivity index (χ2n) is 6.65. The molecule has 0 fully saturated rings. The first-order chi connectivity index (χ1) is 14.3. The van der Waals surface area contributed by atoms with E-state index in [1.54, 1.807) is 30.3 Å². The molecule has 2 amide bonds. The van der Waals surface area contributed by atoms with Gasteiger partial charge in [0, 0.05) is 17.7 Å². The predicted octanol–water partition coefficient (Wildman–Crippen LogP) is 4.69. The highest BCUT2D eigenvalue weighted by atomic mass is 19.4. The summed E-state index contributed by atoms with van der Waals surface area (Å²) in [7, 11) is 0. The highest BCUT2D eigenvalue weighted by Gasteiger charge is 2.30. The summed E-state index contributed by atoms with van der Waals surface area (Å²) in [4.78, 5) is 25.4. The van der Waals surface area contributed by atoms with Gasteiger partial charge in [-0.05, 0) is 42.0 Å². The number of carbonyl (C=O) groups excluding carboxylic acids is 2. The minimum absolute atomic E-state index is 0.208. The molecule has 0 aromatic heterocycles. The molecule has 0 aliphatic carbocycles. The smallest absolute Gasteiger partial charge is 0.340 e. The van der Waals surface area contributed by atoms with E-state index in [4.69, 9.17) is 0 Å². The van der Waals surface area contributed by atoms with Crippen LogP contribution in [0.4, 0.5) is 18.9 Å². The van der Waals surface area contributed by atoms with Gasteiger partial charge in [0.05, 0.1) is 5.56 Å². The summed E-state index contributed by atoms with van der Waals surface area (Å²) in [5.41, 5.74) is 0.634. The van der Waals surface area contributed by atoms with Crippen LogP contribution in [0.3, 0.4) is 0 Å². The Bertz CT molecular complexity index is 988. The molecule has 0 radical (unpaired) electrons. The second-order valence-corrected chi connectivity index (χ2v) is 6.65. The molecule has 0 aliphatic heterocycles. The van der Waals surface area contributed by atoms with Crippen molar-refractivity contribution in [2.24, 2.45) is 0 Å². The maximum absolute atomic E-state index is 12.8. The summed E-state index contributed by atoms with van der Waals surface area (Å²) in [6, 6.07) is 20.8. The lowest BCUT2D eigenvalue weighted by molar-refractivity contribution is -0.137. The molecule has 2 N–H and O–H groups in total. The fourth-order valence-electron chi connectivity index (χ4n) is 2.86. The fraction of sp³-hybridized carbons (Fsp3) is 0.130. The van der Waals surface area contributed by atoms with E-state index in [1.807, 2.05) is 30.3 Å². The lowest BCUT2D eigenvalue weighted by atomic mass is 10.0. The van der Waals surface area contributed by atoms with Gasteiger partial charge in [-0.2, -0.15) is 13.2 Å².